The summed E-state index contributed by atoms with van der Waals surface area (Å²) in [6.07, 6.45) is 6.52. The summed E-state index contributed by atoms with van der Waals surface area (Å²) in [4.78, 5) is 0. The van der Waals surface area contributed by atoms with Crippen molar-refractivity contribution >= 4 is 0 Å². The van der Waals surface area contributed by atoms with E-state index < -0.39 is 0 Å². The lowest BCUT2D eigenvalue weighted by Crippen LogP contribution is -2.13. The Morgan fingerprint density at radius 2 is 1.76 bits per heavy atom. The third-order valence-electron chi connectivity index (χ3n) is 5.15. The minimum Gasteiger partial charge on any atom is -0.490 e. The monoisotopic (exact) mass is 278 g/mol. The summed E-state index contributed by atoms with van der Waals surface area (Å²) in [6.45, 7) is 4.42. The highest BCUT2D eigenvalue weighted by Gasteiger charge is 2.26. The first-order chi connectivity index (χ1) is 10.2. The van der Waals surface area contributed by atoms with Crippen LogP contribution in [0.4, 0.5) is 0 Å². The maximum atomic E-state index is 6.46. The second-order valence-corrected chi connectivity index (χ2v) is 6.53. The van der Waals surface area contributed by atoms with E-state index in [1.165, 1.54) is 64.8 Å². The van der Waals surface area contributed by atoms with Gasteiger partial charge in [-0.2, -0.15) is 0 Å². The van der Waals surface area contributed by atoms with Crippen LogP contribution in [0.3, 0.4) is 0 Å². The lowest BCUT2D eigenvalue weighted by Gasteiger charge is -2.20. The molecule has 4 rings (SSSR count). The zero-order valence-corrected chi connectivity index (χ0v) is 12.9. The Hall–Kier alpha value is -1.76. The van der Waals surface area contributed by atoms with Crippen molar-refractivity contribution in [2.24, 2.45) is 0 Å². The van der Waals surface area contributed by atoms with E-state index in [0.717, 1.165) is 6.42 Å². The highest BCUT2D eigenvalue weighted by Crippen LogP contribution is 2.44. The number of aryl methyl sites for hydroxylation is 1. The summed E-state index contributed by atoms with van der Waals surface area (Å²) in [7, 11) is 0. The first kappa shape index (κ1) is 12.9. The van der Waals surface area contributed by atoms with E-state index in [1.54, 1.807) is 0 Å². The van der Waals surface area contributed by atoms with Crippen LogP contribution < -0.4 is 4.74 Å². The van der Waals surface area contributed by atoms with Crippen LogP contribution in [-0.4, -0.2) is 6.10 Å². The van der Waals surface area contributed by atoms with Crippen molar-refractivity contribution in [1.29, 1.82) is 0 Å². The van der Waals surface area contributed by atoms with Crippen LogP contribution in [0.25, 0.3) is 11.1 Å². The normalized spacial score (nSPS) is 16.9. The van der Waals surface area contributed by atoms with E-state index >= 15 is 0 Å². The molecule has 1 nitrogen and oxygen atoms in total. The lowest BCUT2D eigenvalue weighted by molar-refractivity contribution is 0.207. The Bertz CT molecular complexity index is 693. The van der Waals surface area contributed by atoms with Crippen molar-refractivity contribution in [2.45, 2.75) is 52.1 Å². The zero-order chi connectivity index (χ0) is 14.4. The maximum absolute atomic E-state index is 6.46. The highest BCUT2D eigenvalue weighted by atomic mass is 16.5. The molecule has 0 unspecified atom stereocenters. The van der Waals surface area contributed by atoms with Gasteiger partial charge < -0.3 is 4.74 Å². The van der Waals surface area contributed by atoms with Gasteiger partial charge in [0.1, 0.15) is 5.75 Å². The summed E-state index contributed by atoms with van der Waals surface area (Å²) < 4.78 is 6.46. The van der Waals surface area contributed by atoms with Crippen molar-refractivity contribution in [3.8, 4) is 16.9 Å². The number of benzene rings is 2. The van der Waals surface area contributed by atoms with Gasteiger partial charge >= 0.3 is 0 Å². The van der Waals surface area contributed by atoms with E-state index in [4.69, 9.17) is 4.74 Å². The molecule has 0 heterocycles. The van der Waals surface area contributed by atoms with Crippen LogP contribution in [0.2, 0.25) is 0 Å². The van der Waals surface area contributed by atoms with Crippen molar-refractivity contribution < 1.29 is 4.74 Å². The average Bonchev–Trinajstić information content (AvgIpc) is 3.11. The van der Waals surface area contributed by atoms with Crippen molar-refractivity contribution in [3.05, 3.63) is 52.6 Å². The van der Waals surface area contributed by atoms with Crippen molar-refractivity contribution in [1.82, 2.24) is 0 Å². The summed E-state index contributed by atoms with van der Waals surface area (Å²) in [6, 6.07) is 11.1. The highest BCUT2D eigenvalue weighted by molar-refractivity contribution is 5.80. The molecule has 2 aromatic carbocycles. The van der Waals surface area contributed by atoms with Crippen LogP contribution in [0, 0.1) is 13.8 Å². The third kappa shape index (κ3) is 2.07. The molecule has 0 radical (unpaired) electrons. The van der Waals surface area contributed by atoms with Crippen LogP contribution >= 0.6 is 0 Å². The number of hydrogen-bond acceptors (Lipinski definition) is 1. The topological polar surface area (TPSA) is 9.23 Å². The zero-order valence-electron chi connectivity index (χ0n) is 12.9. The van der Waals surface area contributed by atoms with Gasteiger partial charge in [-0.25, -0.2) is 0 Å². The third-order valence-corrected chi connectivity index (χ3v) is 5.15. The van der Waals surface area contributed by atoms with Crippen LogP contribution in [0.5, 0.6) is 5.75 Å². The molecule has 2 aromatic rings. The van der Waals surface area contributed by atoms with Crippen LogP contribution in [0.1, 0.15) is 47.9 Å². The Kier molecular flexibility index (Phi) is 3.02. The van der Waals surface area contributed by atoms with E-state index in [2.05, 4.69) is 44.2 Å². The molecule has 0 saturated heterocycles. The SMILES string of the molecule is Cc1cc2c(c(OC3CCCC3)c1C)Cc1ccccc1-2. The smallest absolute Gasteiger partial charge is 0.127 e. The fraction of sp³-hybridized carbons (Fsp3) is 0.400. The molecule has 21 heavy (non-hydrogen) atoms. The van der Waals surface area contributed by atoms with Crippen LogP contribution in [0.15, 0.2) is 30.3 Å². The number of fused-ring (bicyclic) bond motifs is 3. The summed E-state index contributed by atoms with van der Waals surface area (Å²) in [5, 5.41) is 0. The molecule has 0 atom stereocenters. The molecule has 0 N–H and O–H groups in total. The molecular weight excluding hydrogens is 256 g/mol. The van der Waals surface area contributed by atoms with Crippen molar-refractivity contribution in [2.75, 3.05) is 0 Å². The van der Waals surface area contributed by atoms with Gasteiger partial charge in [-0.15, -0.1) is 0 Å². The minimum atomic E-state index is 0.429. The summed E-state index contributed by atoms with van der Waals surface area (Å²) in [5.41, 5.74) is 8.31. The molecule has 1 saturated carbocycles. The van der Waals surface area contributed by atoms with E-state index in [0.29, 0.717) is 6.10 Å². The van der Waals surface area contributed by atoms with Gasteiger partial charge in [0, 0.05) is 12.0 Å². The second-order valence-electron chi connectivity index (χ2n) is 6.53. The Morgan fingerprint density at radius 1 is 1.00 bits per heavy atom. The first-order valence-electron chi connectivity index (χ1n) is 8.12. The lowest BCUT2D eigenvalue weighted by atomic mass is 9.98. The molecule has 0 aromatic heterocycles. The van der Waals surface area contributed by atoms with Gasteiger partial charge in [-0.1, -0.05) is 30.3 Å². The molecule has 2 aliphatic rings. The average molecular weight is 278 g/mol. The number of rotatable bonds is 2. The van der Waals surface area contributed by atoms with Gasteiger partial charge in [0.2, 0.25) is 0 Å². The van der Waals surface area contributed by atoms with E-state index in [9.17, 15) is 0 Å². The van der Waals surface area contributed by atoms with E-state index in [1.807, 2.05) is 0 Å². The molecule has 1 heteroatoms. The van der Waals surface area contributed by atoms with Gasteiger partial charge in [-0.3, -0.25) is 0 Å². The van der Waals surface area contributed by atoms with Gasteiger partial charge in [0.25, 0.3) is 0 Å². The van der Waals surface area contributed by atoms with Gasteiger partial charge in [0.15, 0.2) is 0 Å². The van der Waals surface area contributed by atoms with Gasteiger partial charge in [0.05, 0.1) is 6.10 Å². The Morgan fingerprint density at radius 3 is 2.57 bits per heavy atom. The van der Waals surface area contributed by atoms with Crippen molar-refractivity contribution in [3.63, 3.8) is 0 Å². The first-order valence-corrected chi connectivity index (χ1v) is 8.12. The maximum Gasteiger partial charge on any atom is 0.127 e. The molecule has 108 valence electrons. The molecule has 0 aliphatic heterocycles. The summed E-state index contributed by atoms with van der Waals surface area (Å²) in [5.74, 6) is 1.17. The predicted octanol–water partition coefficient (Wildman–Crippen LogP) is 5.20. The Labute approximate surface area is 127 Å². The minimum absolute atomic E-state index is 0.429. The number of hydrogen-bond donors (Lipinski definition) is 0. The van der Waals surface area contributed by atoms with E-state index in [-0.39, 0.29) is 0 Å². The summed E-state index contributed by atoms with van der Waals surface area (Å²) >= 11 is 0. The molecule has 1 fully saturated rings. The standard InChI is InChI=1S/C20H22O/c1-13-11-18-17-10-6-3-7-15(17)12-19(18)20(14(13)2)21-16-8-4-5-9-16/h3,6-7,10-11,16H,4-5,8-9,12H2,1-2H3. The van der Waals surface area contributed by atoms with Crippen LogP contribution in [-0.2, 0) is 6.42 Å². The molecule has 0 spiro atoms. The largest absolute Gasteiger partial charge is 0.490 e. The molecule has 2 aliphatic carbocycles. The fourth-order valence-corrected chi connectivity index (χ4v) is 3.82. The molecular formula is C20H22O. The predicted molar refractivity (Wildman–Crippen MR) is 87.0 cm³/mol. The van der Waals surface area contributed by atoms with Gasteiger partial charge in [-0.05, 0) is 67.3 Å². The second kappa shape index (κ2) is 4.91. The number of ether oxygens (including phenoxy) is 1. The Balaban J connectivity index is 1.82. The molecule has 0 bridgehead atoms. The fourth-order valence-electron chi connectivity index (χ4n) is 3.82. The quantitative estimate of drug-likeness (QED) is 0.626. The molecule has 0 amide bonds.